The molecule has 0 spiro atoms. The zero-order valence-corrected chi connectivity index (χ0v) is 17.9. The van der Waals surface area contributed by atoms with Gasteiger partial charge in [-0.3, -0.25) is 4.90 Å². The molecule has 2 aromatic rings. The molecule has 1 aliphatic heterocycles. The highest BCUT2D eigenvalue weighted by atomic mass is 35.5. The normalized spacial score (nSPS) is 22.9. The average Bonchev–Trinajstić information content (AvgIpc) is 3.20. The highest BCUT2D eigenvalue weighted by Crippen LogP contribution is 2.31. The van der Waals surface area contributed by atoms with E-state index < -0.39 is 6.03 Å². The van der Waals surface area contributed by atoms with Gasteiger partial charge in [0.25, 0.3) is 0 Å². The van der Waals surface area contributed by atoms with Crippen molar-refractivity contribution in [3.05, 3.63) is 50.6 Å². The molecule has 0 bridgehead atoms. The number of fused-ring (bicyclic) bond motifs is 1. The number of amides is 4. The van der Waals surface area contributed by atoms with Gasteiger partial charge >= 0.3 is 12.1 Å². The van der Waals surface area contributed by atoms with Crippen LogP contribution in [0, 0.1) is 5.92 Å². The summed E-state index contributed by atoms with van der Waals surface area (Å²) in [6.45, 7) is 0.394. The van der Waals surface area contributed by atoms with Crippen molar-refractivity contribution >= 4 is 58.1 Å². The van der Waals surface area contributed by atoms with Crippen LogP contribution >= 0.6 is 34.5 Å². The van der Waals surface area contributed by atoms with Gasteiger partial charge in [0.2, 0.25) is 0 Å². The van der Waals surface area contributed by atoms with Crippen LogP contribution in [0.2, 0.25) is 10.0 Å². The fourth-order valence-electron chi connectivity index (χ4n) is 3.84. The Kier molecular flexibility index (Phi) is 6.08. The number of thiophene rings is 1. The Morgan fingerprint density at radius 3 is 2.83 bits per heavy atom. The lowest BCUT2D eigenvalue weighted by Gasteiger charge is -2.42. The first-order valence-corrected chi connectivity index (χ1v) is 11.1. The third-order valence-corrected chi connectivity index (χ3v) is 6.81. The molecule has 4 rings (SSSR count). The first-order valence-electron chi connectivity index (χ1n) is 9.46. The van der Waals surface area contributed by atoms with Crippen LogP contribution in [0.1, 0.15) is 30.6 Å². The first-order chi connectivity index (χ1) is 14.0. The predicted octanol–water partition coefficient (Wildman–Crippen LogP) is 5.77. The van der Waals surface area contributed by atoms with Crippen molar-refractivity contribution in [3.63, 3.8) is 0 Å². The molecule has 2 fully saturated rings. The Labute approximate surface area is 182 Å². The van der Waals surface area contributed by atoms with Crippen LogP contribution in [0.4, 0.5) is 15.3 Å². The van der Waals surface area contributed by atoms with E-state index in [1.807, 2.05) is 17.5 Å². The standard InChI is InChI=1S/C20H20Cl2N4O2S/c21-15-8-7-12(10-16(15)22)23-19(27)25-18-14-5-1-2-6-17(14)24-20(28)26(18)11-13-4-3-9-29-13/h3-4,7-10,14,17H,1-2,5-6,11H2,(H,23,27)(H,24,28)/b25-18+. The van der Waals surface area contributed by atoms with E-state index in [-0.39, 0.29) is 18.0 Å². The van der Waals surface area contributed by atoms with Gasteiger partial charge in [-0.15, -0.1) is 11.3 Å². The third kappa shape index (κ3) is 4.57. The van der Waals surface area contributed by atoms with Crippen LogP contribution < -0.4 is 10.6 Å². The fourth-order valence-corrected chi connectivity index (χ4v) is 4.83. The van der Waals surface area contributed by atoms with Crippen molar-refractivity contribution in [1.29, 1.82) is 0 Å². The molecule has 152 valence electrons. The van der Waals surface area contributed by atoms with Crippen LogP contribution in [0.25, 0.3) is 0 Å². The molecule has 0 radical (unpaired) electrons. The van der Waals surface area contributed by atoms with Gasteiger partial charge in [0.1, 0.15) is 5.84 Å². The number of hydrogen-bond acceptors (Lipinski definition) is 3. The molecule has 29 heavy (non-hydrogen) atoms. The summed E-state index contributed by atoms with van der Waals surface area (Å²) in [4.78, 5) is 32.4. The number of nitrogens with zero attached hydrogens (tertiary/aromatic N) is 2. The molecular formula is C20H20Cl2N4O2S. The number of aliphatic imine (C=N–C) groups is 1. The van der Waals surface area contributed by atoms with Crippen molar-refractivity contribution in [2.24, 2.45) is 10.9 Å². The number of amidine groups is 1. The van der Waals surface area contributed by atoms with Gasteiger partial charge in [0.15, 0.2) is 0 Å². The number of halogens is 2. The van der Waals surface area contributed by atoms with E-state index in [2.05, 4.69) is 15.6 Å². The number of hydrogen-bond donors (Lipinski definition) is 2. The SMILES string of the molecule is O=C(/N=C1\C2CCCCC2NC(=O)N1Cc1cccs1)Nc1ccc(Cl)c(Cl)c1. The molecular weight excluding hydrogens is 431 g/mol. The molecule has 6 nitrogen and oxygen atoms in total. The van der Waals surface area contributed by atoms with Crippen molar-refractivity contribution in [1.82, 2.24) is 10.2 Å². The zero-order valence-electron chi connectivity index (χ0n) is 15.5. The minimum atomic E-state index is -0.534. The van der Waals surface area contributed by atoms with Crippen molar-refractivity contribution in [2.75, 3.05) is 5.32 Å². The lowest BCUT2D eigenvalue weighted by Crippen LogP contribution is -2.60. The largest absolute Gasteiger partial charge is 0.347 e. The molecule has 1 aromatic carbocycles. The molecule has 1 saturated heterocycles. The van der Waals surface area contributed by atoms with E-state index in [1.54, 1.807) is 34.4 Å². The number of carbonyl (C=O) groups is 2. The lowest BCUT2D eigenvalue weighted by atomic mass is 9.82. The Morgan fingerprint density at radius 2 is 2.07 bits per heavy atom. The maximum Gasteiger partial charge on any atom is 0.347 e. The van der Waals surface area contributed by atoms with Crippen molar-refractivity contribution < 1.29 is 9.59 Å². The quantitative estimate of drug-likeness (QED) is 0.622. The van der Waals surface area contributed by atoms with Gasteiger partial charge in [0, 0.05) is 22.5 Å². The van der Waals surface area contributed by atoms with E-state index in [9.17, 15) is 9.59 Å². The van der Waals surface area contributed by atoms with Crippen LogP contribution in [0.15, 0.2) is 40.7 Å². The highest BCUT2D eigenvalue weighted by molar-refractivity contribution is 7.09. The number of carbonyl (C=O) groups excluding carboxylic acids is 2. The molecule has 2 heterocycles. The summed E-state index contributed by atoms with van der Waals surface area (Å²) >= 11 is 13.5. The Hall–Kier alpha value is -2.09. The zero-order chi connectivity index (χ0) is 20.4. The second-order valence-electron chi connectivity index (χ2n) is 7.14. The van der Waals surface area contributed by atoms with E-state index in [0.717, 1.165) is 30.6 Å². The smallest absolute Gasteiger partial charge is 0.334 e. The predicted molar refractivity (Wildman–Crippen MR) is 117 cm³/mol. The van der Waals surface area contributed by atoms with Gasteiger partial charge in [-0.25, -0.2) is 9.59 Å². The van der Waals surface area contributed by atoms with Crippen molar-refractivity contribution in [2.45, 2.75) is 38.3 Å². The summed E-state index contributed by atoms with van der Waals surface area (Å²) < 4.78 is 0. The van der Waals surface area contributed by atoms with Crippen LogP contribution in [-0.2, 0) is 6.54 Å². The summed E-state index contributed by atoms with van der Waals surface area (Å²) in [7, 11) is 0. The first kappa shape index (κ1) is 20.2. The van der Waals surface area contributed by atoms with E-state index in [0.29, 0.717) is 28.1 Å². The fraction of sp³-hybridized carbons (Fsp3) is 0.350. The maximum absolute atomic E-state index is 12.8. The van der Waals surface area contributed by atoms with Gasteiger partial charge in [-0.2, -0.15) is 4.99 Å². The Morgan fingerprint density at radius 1 is 1.24 bits per heavy atom. The molecule has 4 amide bonds. The van der Waals surface area contributed by atoms with Gasteiger partial charge in [-0.1, -0.05) is 42.1 Å². The van der Waals surface area contributed by atoms with Gasteiger partial charge in [0.05, 0.1) is 16.6 Å². The van der Waals surface area contributed by atoms with E-state index in [4.69, 9.17) is 23.2 Å². The summed E-state index contributed by atoms with van der Waals surface area (Å²) in [6.07, 6.45) is 3.91. The molecule has 1 saturated carbocycles. The Balaban J connectivity index is 1.61. The topological polar surface area (TPSA) is 73.8 Å². The molecule has 1 aliphatic carbocycles. The van der Waals surface area contributed by atoms with Crippen LogP contribution in [0.5, 0.6) is 0 Å². The second-order valence-corrected chi connectivity index (χ2v) is 8.99. The molecule has 1 aromatic heterocycles. The number of benzene rings is 1. The second kappa shape index (κ2) is 8.73. The summed E-state index contributed by atoms with van der Waals surface area (Å²) in [6, 6.07) is 8.04. The molecule has 2 atom stereocenters. The molecule has 9 heteroatoms. The minimum Gasteiger partial charge on any atom is -0.334 e. The van der Waals surface area contributed by atoms with Crippen LogP contribution in [0.3, 0.4) is 0 Å². The number of nitrogens with one attached hydrogen (secondary N) is 2. The van der Waals surface area contributed by atoms with Gasteiger partial charge in [-0.05, 0) is 42.5 Å². The molecule has 2 N–H and O–H groups in total. The Bertz CT molecular complexity index is 948. The number of urea groups is 2. The summed E-state index contributed by atoms with van der Waals surface area (Å²) in [5.41, 5.74) is 0.499. The average molecular weight is 451 g/mol. The van der Waals surface area contributed by atoms with E-state index in [1.165, 1.54) is 0 Å². The van der Waals surface area contributed by atoms with Crippen molar-refractivity contribution in [3.8, 4) is 0 Å². The monoisotopic (exact) mass is 450 g/mol. The van der Waals surface area contributed by atoms with Crippen LogP contribution in [-0.4, -0.2) is 28.8 Å². The third-order valence-electron chi connectivity index (χ3n) is 5.21. The lowest BCUT2D eigenvalue weighted by molar-refractivity contribution is 0.188. The van der Waals surface area contributed by atoms with Gasteiger partial charge < -0.3 is 10.6 Å². The molecule has 2 unspecified atom stereocenters. The van der Waals surface area contributed by atoms with E-state index >= 15 is 0 Å². The number of rotatable bonds is 3. The number of anilines is 1. The maximum atomic E-state index is 12.8. The summed E-state index contributed by atoms with van der Waals surface area (Å²) in [5.74, 6) is 0.561. The molecule has 2 aliphatic rings. The summed E-state index contributed by atoms with van der Waals surface area (Å²) in [5, 5.41) is 8.54. The highest BCUT2D eigenvalue weighted by Gasteiger charge is 2.40. The minimum absolute atomic E-state index is 0.0207.